The zero-order chi connectivity index (χ0) is 19.6. The first kappa shape index (κ1) is 19.4. The van der Waals surface area contributed by atoms with Crippen molar-refractivity contribution in [3.63, 3.8) is 0 Å². The first-order valence-electron chi connectivity index (χ1n) is 8.53. The average molecular weight is 399 g/mol. The number of rotatable bonds is 4. The number of alkyl halides is 3. The molecule has 0 spiro atoms. The minimum atomic E-state index is -4.65. The van der Waals surface area contributed by atoms with E-state index in [1.807, 2.05) is 0 Å². The number of carbonyl (C=O) groups excluding carboxylic acids is 1. The van der Waals surface area contributed by atoms with Gasteiger partial charge in [0.15, 0.2) is 0 Å². The number of nitrogens with zero attached hydrogens (tertiary/aromatic N) is 2. The number of aryl methyl sites for hydroxylation is 1. The predicted octanol–water partition coefficient (Wildman–Crippen LogP) is 5.06. The van der Waals surface area contributed by atoms with Crippen LogP contribution in [0, 0.1) is 6.92 Å². The smallest absolute Gasteiger partial charge is 0.367 e. The molecule has 1 amide bonds. The van der Waals surface area contributed by atoms with Crippen molar-refractivity contribution in [3.8, 4) is 0 Å². The van der Waals surface area contributed by atoms with Gasteiger partial charge < -0.3 is 10.6 Å². The van der Waals surface area contributed by atoms with Gasteiger partial charge in [0.25, 0.3) is 5.91 Å². The average Bonchev–Trinajstić information content (AvgIpc) is 3.08. The second kappa shape index (κ2) is 7.72. The lowest BCUT2D eigenvalue weighted by molar-refractivity contribution is -0.136. The van der Waals surface area contributed by atoms with Gasteiger partial charge in [0.2, 0.25) is 0 Å². The summed E-state index contributed by atoms with van der Waals surface area (Å²) < 4.78 is 39.6. The number of amides is 1. The van der Waals surface area contributed by atoms with Crippen LogP contribution in [0.4, 0.5) is 24.7 Å². The number of hydrogen-bond acceptors (Lipinski definition) is 4. The molecular formula is C18H18ClF3N4O. The number of anilines is 2. The lowest BCUT2D eigenvalue weighted by atomic mass is 10.1. The molecule has 27 heavy (non-hydrogen) atoms. The van der Waals surface area contributed by atoms with E-state index in [0.717, 1.165) is 37.8 Å². The fourth-order valence-corrected chi connectivity index (χ4v) is 3.26. The summed E-state index contributed by atoms with van der Waals surface area (Å²) in [5, 5.41) is 5.46. The van der Waals surface area contributed by atoms with Gasteiger partial charge in [-0.3, -0.25) is 4.79 Å². The molecular weight excluding hydrogens is 381 g/mol. The van der Waals surface area contributed by atoms with Crippen LogP contribution in [0.15, 0.2) is 24.3 Å². The summed E-state index contributed by atoms with van der Waals surface area (Å²) in [6.07, 6.45) is -0.351. The maximum absolute atomic E-state index is 13.2. The Labute approximate surface area is 159 Å². The molecule has 0 aliphatic heterocycles. The second-order valence-electron chi connectivity index (χ2n) is 6.45. The third-order valence-electron chi connectivity index (χ3n) is 4.31. The van der Waals surface area contributed by atoms with E-state index < -0.39 is 17.6 Å². The highest BCUT2D eigenvalue weighted by molar-refractivity contribution is 6.30. The summed E-state index contributed by atoms with van der Waals surface area (Å²) in [4.78, 5) is 20.8. The SMILES string of the molecule is Cc1nc(NC2CCCC2)cc(C(=O)Nc2ccc(Cl)cc2C(F)(F)F)n1. The monoisotopic (exact) mass is 398 g/mol. The maximum Gasteiger partial charge on any atom is 0.418 e. The molecule has 0 atom stereocenters. The van der Waals surface area contributed by atoms with E-state index in [9.17, 15) is 18.0 Å². The van der Waals surface area contributed by atoms with Gasteiger partial charge >= 0.3 is 6.18 Å². The first-order chi connectivity index (χ1) is 12.7. The molecule has 1 aliphatic carbocycles. The van der Waals surface area contributed by atoms with Crippen LogP contribution < -0.4 is 10.6 Å². The van der Waals surface area contributed by atoms with Gasteiger partial charge in [0, 0.05) is 17.1 Å². The molecule has 2 N–H and O–H groups in total. The zero-order valence-electron chi connectivity index (χ0n) is 14.5. The third-order valence-corrected chi connectivity index (χ3v) is 4.55. The van der Waals surface area contributed by atoms with E-state index in [0.29, 0.717) is 11.6 Å². The largest absolute Gasteiger partial charge is 0.418 e. The van der Waals surface area contributed by atoms with Crippen molar-refractivity contribution in [1.29, 1.82) is 0 Å². The van der Waals surface area contributed by atoms with Crippen LogP contribution in [0.3, 0.4) is 0 Å². The third kappa shape index (κ3) is 4.88. The van der Waals surface area contributed by atoms with Gasteiger partial charge in [-0.05, 0) is 38.0 Å². The molecule has 9 heteroatoms. The topological polar surface area (TPSA) is 66.9 Å². The van der Waals surface area contributed by atoms with Crippen LogP contribution in [0.1, 0.15) is 47.6 Å². The Morgan fingerprint density at radius 3 is 2.56 bits per heavy atom. The van der Waals surface area contributed by atoms with Gasteiger partial charge in [-0.2, -0.15) is 13.2 Å². The summed E-state index contributed by atoms with van der Waals surface area (Å²) in [6, 6.07) is 4.90. The molecule has 144 valence electrons. The van der Waals surface area contributed by atoms with Gasteiger partial charge in [-0.25, -0.2) is 9.97 Å². The van der Waals surface area contributed by atoms with Crippen molar-refractivity contribution in [2.24, 2.45) is 0 Å². The number of hydrogen-bond donors (Lipinski definition) is 2. The van der Waals surface area contributed by atoms with Crippen LogP contribution in [-0.2, 0) is 6.18 Å². The van der Waals surface area contributed by atoms with Crippen LogP contribution >= 0.6 is 11.6 Å². The lowest BCUT2D eigenvalue weighted by Crippen LogP contribution is -2.20. The Morgan fingerprint density at radius 1 is 1.19 bits per heavy atom. The highest BCUT2D eigenvalue weighted by Gasteiger charge is 2.34. The first-order valence-corrected chi connectivity index (χ1v) is 8.90. The molecule has 0 bridgehead atoms. The van der Waals surface area contributed by atoms with E-state index in [1.165, 1.54) is 12.1 Å². The molecule has 1 aliphatic rings. The molecule has 3 rings (SSSR count). The van der Waals surface area contributed by atoms with Crippen molar-refractivity contribution in [2.75, 3.05) is 10.6 Å². The van der Waals surface area contributed by atoms with E-state index in [1.54, 1.807) is 6.92 Å². The minimum Gasteiger partial charge on any atom is -0.367 e. The van der Waals surface area contributed by atoms with Gasteiger partial charge in [0.05, 0.1) is 11.3 Å². The highest BCUT2D eigenvalue weighted by atomic mass is 35.5. The number of carbonyl (C=O) groups is 1. The van der Waals surface area contributed by atoms with Crippen LogP contribution in [0.25, 0.3) is 0 Å². The Hall–Kier alpha value is -2.35. The van der Waals surface area contributed by atoms with Crippen molar-refractivity contribution >= 4 is 29.0 Å². The Kier molecular flexibility index (Phi) is 5.55. The van der Waals surface area contributed by atoms with Crippen LogP contribution in [0.2, 0.25) is 5.02 Å². The fourth-order valence-electron chi connectivity index (χ4n) is 3.08. The Morgan fingerprint density at radius 2 is 1.89 bits per heavy atom. The number of nitrogens with one attached hydrogen (secondary N) is 2. The maximum atomic E-state index is 13.2. The molecule has 2 aromatic rings. The summed E-state index contributed by atoms with van der Waals surface area (Å²) in [5.41, 5.74) is -1.40. The van der Waals surface area contributed by atoms with Gasteiger partial charge in [0.1, 0.15) is 17.3 Å². The Bertz CT molecular complexity index is 851. The minimum absolute atomic E-state index is 0.00827. The lowest BCUT2D eigenvalue weighted by Gasteiger charge is -2.15. The van der Waals surface area contributed by atoms with E-state index in [-0.39, 0.29) is 22.4 Å². The van der Waals surface area contributed by atoms with Gasteiger partial charge in [-0.1, -0.05) is 24.4 Å². The molecule has 0 unspecified atom stereocenters. The fraction of sp³-hybridized carbons (Fsp3) is 0.389. The normalized spacial score (nSPS) is 15.0. The van der Waals surface area contributed by atoms with E-state index in [2.05, 4.69) is 20.6 Å². The van der Waals surface area contributed by atoms with E-state index >= 15 is 0 Å². The molecule has 1 aromatic carbocycles. The summed E-state index contributed by atoms with van der Waals surface area (Å²) in [6.45, 7) is 1.63. The number of halogens is 4. The standard InChI is InChI=1S/C18H18ClF3N4O/c1-10-23-15(9-16(24-10)25-12-4-2-3-5-12)17(27)26-14-7-6-11(19)8-13(14)18(20,21)22/h6-9,12H,2-5H2,1H3,(H,26,27)(H,23,24,25). The predicted molar refractivity (Wildman–Crippen MR) is 97.1 cm³/mol. The molecule has 5 nitrogen and oxygen atoms in total. The van der Waals surface area contributed by atoms with Crippen molar-refractivity contribution in [1.82, 2.24) is 9.97 Å². The number of benzene rings is 1. The van der Waals surface area contributed by atoms with Crippen molar-refractivity contribution in [3.05, 3.63) is 46.4 Å². The molecule has 0 radical (unpaired) electrons. The summed E-state index contributed by atoms with van der Waals surface area (Å²) >= 11 is 5.66. The summed E-state index contributed by atoms with van der Waals surface area (Å²) in [7, 11) is 0. The highest BCUT2D eigenvalue weighted by Crippen LogP contribution is 2.36. The van der Waals surface area contributed by atoms with Crippen LogP contribution in [-0.4, -0.2) is 21.9 Å². The van der Waals surface area contributed by atoms with Crippen LogP contribution in [0.5, 0.6) is 0 Å². The molecule has 1 heterocycles. The molecule has 0 saturated heterocycles. The second-order valence-corrected chi connectivity index (χ2v) is 6.89. The van der Waals surface area contributed by atoms with Crippen molar-refractivity contribution in [2.45, 2.75) is 44.8 Å². The summed E-state index contributed by atoms with van der Waals surface area (Å²) in [5.74, 6) is 0.102. The molecule has 1 saturated carbocycles. The van der Waals surface area contributed by atoms with E-state index in [4.69, 9.17) is 11.6 Å². The molecule has 1 fully saturated rings. The molecule has 1 aromatic heterocycles. The zero-order valence-corrected chi connectivity index (χ0v) is 15.3. The number of aromatic nitrogens is 2. The Balaban J connectivity index is 1.83. The van der Waals surface area contributed by atoms with Crippen molar-refractivity contribution < 1.29 is 18.0 Å². The quantitative estimate of drug-likeness (QED) is 0.755. The van der Waals surface area contributed by atoms with Gasteiger partial charge in [-0.15, -0.1) is 0 Å².